The highest BCUT2D eigenvalue weighted by atomic mass is 35.5. The molecular formula is C24H22Cl2F3N3O3. The van der Waals surface area contributed by atoms with Crippen LogP contribution in [-0.2, 0) is 17.5 Å². The van der Waals surface area contributed by atoms with Gasteiger partial charge in [-0.1, -0.05) is 23.2 Å². The van der Waals surface area contributed by atoms with Crippen molar-refractivity contribution in [2.75, 3.05) is 13.1 Å². The van der Waals surface area contributed by atoms with Gasteiger partial charge in [-0.3, -0.25) is 14.3 Å². The van der Waals surface area contributed by atoms with Crippen LogP contribution in [0.2, 0.25) is 10.0 Å². The van der Waals surface area contributed by atoms with Crippen LogP contribution >= 0.6 is 23.2 Å². The van der Waals surface area contributed by atoms with Crippen molar-refractivity contribution in [2.45, 2.75) is 38.9 Å². The molecule has 1 saturated heterocycles. The molecule has 0 atom stereocenters. The Bertz CT molecular complexity index is 1300. The van der Waals surface area contributed by atoms with Gasteiger partial charge in [0.05, 0.1) is 33.9 Å². The average Bonchev–Trinajstić information content (AvgIpc) is 3.10. The fourth-order valence-corrected chi connectivity index (χ4v) is 5.02. The van der Waals surface area contributed by atoms with Crippen LogP contribution in [0.1, 0.15) is 46.4 Å². The molecule has 3 aromatic rings. The van der Waals surface area contributed by atoms with Crippen molar-refractivity contribution >= 4 is 46.0 Å². The Morgan fingerprint density at radius 2 is 1.83 bits per heavy atom. The molecule has 186 valence electrons. The molecule has 0 bridgehead atoms. The summed E-state index contributed by atoms with van der Waals surface area (Å²) < 4.78 is 40.9. The van der Waals surface area contributed by atoms with Gasteiger partial charge in [0, 0.05) is 35.5 Å². The molecule has 11 heteroatoms. The highest BCUT2D eigenvalue weighted by Gasteiger charge is 2.31. The number of amides is 1. The van der Waals surface area contributed by atoms with Crippen LogP contribution in [0.4, 0.5) is 13.2 Å². The van der Waals surface area contributed by atoms with Crippen LogP contribution in [-0.4, -0.2) is 44.8 Å². The van der Waals surface area contributed by atoms with Gasteiger partial charge in [-0.25, -0.2) is 0 Å². The Morgan fingerprint density at radius 3 is 2.46 bits per heavy atom. The average molecular weight is 528 g/mol. The van der Waals surface area contributed by atoms with Gasteiger partial charge in [0.1, 0.15) is 0 Å². The second kappa shape index (κ2) is 9.70. The third kappa shape index (κ3) is 5.26. The van der Waals surface area contributed by atoms with E-state index in [0.717, 1.165) is 12.1 Å². The second-order valence-electron chi connectivity index (χ2n) is 8.69. The molecular weight excluding hydrogens is 506 g/mol. The molecule has 1 aromatic heterocycles. The van der Waals surface area contributed by atoms with Crippen LogP contribution in [0.5, 0.6) is 0 Å². The van der Waals surface area contributed by atoms with Crippen molar-refractivity contribution in [3.05, 3.63) is 62.8 Å². The molecule has 0 unspecified atom stereocenters. The number of halogens is 5. The zero-order valence-electron chi connectivity index (χ0n) is 18.7. The Morgan fingerprint density at radius 1 is 1.14 bits per heavy atom. The molecule has 1 N–H and O–H groups in total. The minimum Gasteiger partial charge on any atom is -0.481 e. The van der Waals surface area contributed by atoms with Gasteiger partial charge in [0.25, 0.3) is 5.91 Å². The first kappa shape index (κ1) is 25.3. The summed E-state index contributed by atoms with van der Waals surface area (Å²) in [4.78, 5) is 25.8. The largest absolute Gasteiger partial charge is 0.481 e. The number of piperidine rings is 1. The number of fused-ring (bicyclic) bond motifs is 1. The quantitative estimate of drug-likeness (QED) is 0.438. The first-order chi connectivity index (χ1) is 16.5. The van der Waals surface area contributed by atoms with Gasteiger partial charge >= 0.3 is 12.1 Å². The Hall–Kier alpha value is -2.78. The number of aryl methyl sites for hydroxylation is 1. The number of benzene rings is 2. The number of hydrogen-bond donors (Lipinski definition) is 1. The zero-order chi connectivity index (χ0) is 25.5. The maximum atomic E-state index is 13.2. The highest BCUT2D eigenvalue weighted by molar-refractivity contribution is 6.38. The number of carboxylic acid groups (broad SMARTS) is 1. The van der Waals surface area contributed by atoms with E-state index in [2.05, 4.69) is 5.10 Å². The number of carbonyl (C=O) groups is 2. The topological polar surface area (TPSA) is 75.4 Å². The molecule has 4 rings (SSSR count). The first-order valence-corrected chi connectivity index (χ1v) is 11.7. The van der Waals surface area contributed by atoms with Gasteiger partial charge in [-0.2, -0.15) is 18.3 Å². The van der Waals surface area contributed by atoms with Crippen molar-refractivity contribution in [1.82, 2.24) is 14.7 Å². The van der Waals surface area contributed by atoms with E-state index in [-0.39, 0.29) is 35.4 Å². The standard InChI is InChI=1S/C24H22Cl2F3N3O3/c1-13-17-11-15(24(27,28)29)2-5-20(17)32(30-13)12-18-19(25)4-3-16(22(18)26)23(35)31-8-6-14(7-9-31)10-21(33)34/h2-5,11,14H,6-10,12H2,1H3,(H,33,34). The van der Waals surface area contributed by atoms with E-state index in [9.17, 15) is 22.8 Å². The molecule has 1 aliphatic heterocycles. The first-order valence-electron chi connectivity index (χ1n) is 11.0. The number of carboxylic acids is 1. The lowest BCUT2D eigenvalue weighted by Gasteiger charge is -2.31. The van der Waals surface area contributed by atoms with Crippen molar-refractivity contribution in [2.24, 2.45) is 5.92 Å². The predicted octanol–water partition coefficient (Wildman–Crippen LogP) is 6.05. The summed E-state index contributed by atoms with van der Waals surface area (Å²) in [5, 5.41) is 14.2. The van der Waals surface area contributed by atoms with E-state index in [1.165, 1.54) is 10.7 Å². The smallest absolute Gasteiger partial charge is 0.416 e. The Balaban J connectivity index is 1.60. The molecule has 1 aliphatic rings. The van der Waals surface area contributed by atoms with Crippen LogP contribution in [0.3, 0.4) is 0 Å². The number of carbonyl (C=O) groups excluding carboxylic acids is 1. The summed E-state index contributed by atoms with van der Waals surface area (Å²) in [6.45, 7) is 2.54. The Labute approximate surface area is 209 Å². The van der Waals surface area contributed by atoms with Crippen molar-refractivity contribution in [3.63, 3.8) is 0 Å². The van der Waals surface area contributed by atoms with Gasteiger partial charge in [0.2, 0.25) is 0 Å². The minimum absolute atomic E-state index is 0.0296. The molecule has 0 aliphatic carbocycles. The minimum atomic E-state index is -4.47. The number of likely N-dealkylation sites (tertiary alicyclic amines) is 1. The summed E-state index contributed by atoms with van der Waals surface area (Å²) in [6.07, 6.45) is -3.20. The molecule has 0 saturated carbocycles. The summed E-state index contributed by atoms with van der Waals surface area (Å²) in [6, 6.07) is 6.52. The molecule has 35 heavy (non-hydrogen) atoms. The maximum Gasteiger partial charge on any atom is 0.416 e. The van der Waals surface area contributed by atoms with Crippen LogP contribution in [0.25, 0.3) is 10.9 Å². The van der Waals surface area contributed by atoms with Crippen LogP contribution in [0.15, 0.2) is 30.3 Å². The number of aromatic nitrogens is 2. The van der Waals surface area contributed by atoms with E-state index in [1.807, 2.05) is 0 Å². The monoisotopic (exact) mass is 527 g/mol. The van der Waals surface area contributed by atoms with Crippen LogP contribution in [0, 0.1) is 12.8 Å². The molecule has 1 amide bonds. The molecule has 6 nitrogen and oxygen atoms in total. The lowest BCUT2D eigenvalue weighted by atomic mass is 9.93. The molecule has 2 aromatic carbocycles. The van der Waals surface area contributed by atoms with Crippen molar-refractivity contribution < 1.29 is 27.9 Å². The summed E-state index contributed by atoms with van der Waals surface area (Å²) in [7, 11) is 0. The van der Waals surface area contributed by atoms with E-state index in [0.29, 0.717) is 53.1 Å². The van der Waals surface area contributed by atoms with E-state index in [1.54, 1.807) is 24.0 Å². The predicted molar refractivity (Wildman–Crippen MR) is 126 cm³/mol. The molecule has 0 spiro atoms. The van der Waals surface area contributed by atoms with E-state index >= 15 is 0 Å². The van der Waals surface area contributed by atoms with Gasteiger partial charge in [-0.15, -0.1) is 0 Å². The van der Waals surface area contributed by atoms with Gasteiger partial charge in [-0.05, 0) is 56.0 Å². The zero-order valence-corrected chi connectivity index (χ0v) is 20.2. The number of alkyl halides is 3. The fraction of sp³-hybridized carbons (Fsp3) is 0.375. The SMILES string of the molecule is Cc1nn(Cc2c(Cl)ccc(C(=O)N3CCC(CC(=O)O)CC3)c2Cl)c2ccc(C(F)(F)F)cc12. The van der Waals surface area contributed by atoms with Crippen molar-refractivity contribution in [1.29, 1.82) is 0 Å². The van der Waals surface area contributed by atoms with Gasteiger partial charge < -0.3 is 10.0 Å². The number of hydrogen-bond acceptors (Lipinski definition) is 3. The van der Waals surface area contributed by atoms with Gasteiger partial charge in [0.15, 0.2) is 0 Å². The number of rotatable bonds is 5. The lowest BCUT2D eigenvalue weighted by Crippen LogP contribution is -2.39. The summed E-state index contributed by atoms with van der Waals surface area (Å²) in [5.41, 5.74) is 0.845. The molecule has 0 radical (unpaired) electrons. The van der Waals surface area contributed by atoms with Crippen molar-refractivity contribution in [3.8, 4) is 0 Å². The Kier molecular flexibility index (Phi) is 7.02. The van der Waals surface area contributed by atoms with E-state index in [4.69, 9.17) is 28.3 Å². The third-order valence-corrected chi connectivity index (χ3v) is 7.14. The van der Waals surface area contributed by atoms with Crippen LogP contribution < -0.4 is 0 Å². The number of aliphatic carboxylic acids is 1. The maximum absolute atomic E-state index is 13.2. The normalized spacial score (nSPS) is 15.1. The van der Waals surface area contributed by atoms with E-state index < -0.39 is 17.7 Å². The second-order valence-corrected chi connectivity index (χ2v) is 9.48. The lowest BCUT2D eigenvalue weighted by molar-refractivity contribution is -0.139. The summed E-state index contributed by atoms with van der Waals surface area (Å²) >= 11 is 13.0. The highest BCUT2D eigenvalue weighted by Crippen LogP contribution is 2.34. The molecule has 2 heterocycles. The third-order valence-electron chi connectivity index (χ3n) is 6.35. The summed E-state index contributed by atoms with van der Waals surface area (Å²) in [5.74, 6) is -1.10. The number of nitrogens with zero attached hydrogens (tertiary/aromatic N) is 3. The molecule has 1 fully saturated rings. The fourth-order valence-electron chi connectivity index (χ4n) is 4.45.